The fraction of sp³-hybridized carbons (Fsp3) is 0.771. The molecule has 2 saturated carbocycles. The molecule has 43 heavy (non-hydrogen) atoms. The van der Waals surface area contributed by atoms with Gasteiger partial charge < -0.3 is 24.9 Å². The standard InChI is InChI=1S/C35H56ClN5O2/c1-25-10-11-26(2)40(25)35(43)41(31-8-6-5-7-9-31)32-20-22-39(23-21-32)34(42)33(24-27-12-14-28(36)15-13-27)37-29-16-18-30(19-17-29)38(3)4/h12-15,25-26,29-33,37H,5-11,16-24H2,1-4H3/t25-,26+,29?,30?,33-/m1/s1. The van der Waals surface area contributed by atoms with Crippen LogP contribution in [0, 0.1) is 0 Å². The average molecular weight is 614 g/mol. The summed E-state index contributed by atoms with van der Waals surface area (Å²) in [7, 11) is 4.34. The number of hydrogen-bond donors (Lipinski definition) is 1. The van der Waals surface area contributed by atoms with E-state index in [4.69, 9.17) is 11.6 Å². The highest BCUT2D eigenvalue weighted by molar-refractivity contribution is 6.30. The molecule has 2 aliphatic carbocycles. The second-order valence-corrected chi connectivity index (χ2v) is 14.7. The number of urea groups is 1. The number of carbonyl (C=O) groups excluding carboxylic acids is 2. The number of halogens is 1. The minimum absolute atomic E-state index is 0.209. The van der Waals surface area contributed by atoms with Crippen molar-refractivity contribution < 1.29 is 9.59 Å². The molecule has 0 bridgehead atoms. The molecule has 240 valence electrons. The summed E-state index contributed by atoms with van der Waals surface area (Å²) in [5.41, 5.74) is 1.13. The van der Waals surface area contributed by atoms with E-state index < -0.39 is 0 Å². The monoisotopic (exact) mass is 613 g/mol. The lowest BCUT2D eigenvalue weighted by Gasteiger charge is -2.46. The lowest BCUT2D eigenvalue weighted by atomic mass is 9.89. The van der Waals surface area contributed by atoms with Crippen molar-refractivity contribution >= 4 is 23.5 Å². The molecule has 7 nitrogen and oxygen atoms in total. The smallest absolute Gasteiger partial charge is 0.320 e. The third-order valence-corrected chi connectivity index (χ3v) is 11.3. The summed E-state index contributed by atoms with van der Waals surface area (Å²) < 4.78 is 0. The normalized spacial score (nSPS) is 28.3. The predicted molar refractivity (Wildman–Crippen MR) is 176 cm³/mol. The molecule has 2 aliphatic heterocycles. The molecule has 2 heterocycles. The van der Waals surface area contributed by atoms with Crippen molar-refractivity contribution in [2.75, 3.05) is 27.2 Å². The fourth-order valence-corrected chi connectivity index (χ4v) is 8.50. The van der Waals surface area contributed by atoms with Gasteiger partial charge >= 0.3 is 6.03 Å². The highest BCUT2D eigenvalue weighted by Gasteiger charge is 2.41. The highest BCUT2D eigenvalue weighted by Crippen LogP contribution is 2.33. The Labute approximate surface area is 265 Å². The molecule has 1 aromatic carbocycles. The van der Waals surface area contributed by atoms with E-state index in [-0.39, 0.29) is 24.0 Å². The largest absolute Gasteiger partial charge is 0.341 e. The number of nitrogens with one attached hydrogen (secondary N) is 1. The summed E-state index contributed by atoms with van der Waals surface area (Å²) in [6.45, 7) is 5.86. The molecule has 5 rings (SSSR count). The average Bonchev–Trinajstić information content (AvgIpc) is 3.36. The number of carbonyl (C=O) groups is 2. The van der Waals surface area contributed by atoms with Gasteiger partial charge in [0.1, 0.15) is 0 Å². The van der Waals surface area contributed by atoms with Gasteiger partial charge in [-0.05, 0) is 116 Å². The van der Waals surface area contributed by atoms with Crippen LogP contribution in [-0.2, 0) is 11.2 Å². The summed E-state index contributed by atoms with van der Waals surface area (Å²) in [5, 5.41) is 4.53. The Balaban J connectivity index is 1.26. The van der Waals surface area contributed by atoms with Crippen LogP contribution < -0.4 is 5.32 Å². The lowest BCUT2D eigenvalue weighted by molar-refractivity contribution is -0.135. The Morgan fingerprint density at radius 3 is 1.98 bits per heavy atom. The second-order valence-electron chi connectivity index (χ2n) is 14.2. The predicted octanol–water partition coefficient (Wildman–Crippen LogP) is 6.33. The van der Waals surface area contributed by atoms with Gasteiger partial charge in [0.2, 0.25) is 5.91 Å². The molecule has 8 heteroatoms. The van der Waals surface area contributed by atoms with Crippen LogP contribution in [0.4, 0.5) is 4.79 Å². The zero-order chi connectivity index (χ0) is 30.5. The maximum absolute atomic E-state index is 14.2. The maximum Gasteiger partial charge on any atom is 0.320 e. The molecular formula is C35H56ClN5O2. The van der Waals surface area contributed by atoms with E-state index in [2.05, 4.69) is 52.9 Å². The molecule has 0 radical (unpaired) electrons. The van der Waals surface area contributed by atoms with Gasteiger partial charge in [0.25, 0.3) is 0 Å². The Kier molecular flexibility index (Phi) is 11.3. The molecule has 0 aromatic heterocycles. The van der Waals surface area contributed by atoms with Gasteiger partial charge in [-0.3, -0.25) is 4.79 Å². The molecule has 1 N–H and O–H groups in total. The Morgan fingerprint density at radius 2 is 1.40 bits per heavy atom. The zero-order valence-electron chi connectivity index (χ0n) is 27.1. The highest BCUT2D eigenvalue weighted by atomic mass is 35.5. The van der Waals surface area contributed by atoms with Crippen LogP contribution in [0.15, 0.2) is 24.3 Å². The lowest BCUT2D eigenvalue weighted by Crippen LogP contribution is -2.59. The number of nitrogens with zero attached hydrogens (tertiary/aromatic N) is 4. The first-order valence-electron chi connectivity index (χ1n) is 17.3. The van der Waals surface area contributed by atoms with Gasteiger partial charge in [-0.25, -0.2) is 4.79 Å². The second kappa shape index (κ2) is 15.0. The van der Waals surface area contributed by atoms with Crippen LogP contribution in [0.2, 0.25) is 5.02 Å². The topological polar surface area (TPSA) is 59.1 Å². The van der Waals surface area contributed by atoms with E-state index >= 15 is 0 Å². The molecule has 2 saturated heterocycles. The molecule has 4 aliphatic rings. The molecule has 4 fully saturated rings. The summed E-state index contributed by atoms with van der Waals surface area (Å²) in [5.74, 6) is 0.209. The SMILES string of the molecule is C[C@@H]1CC[C@H](C)N1C(=O)N(C1CCCCC1)C1CCN(C(=O)[C@@H](Cc2ccc(Cl)cc2)NC2CCC(N(C)C)CC2)CC1. The number of benzene rings is 1. The molecule has 3 atom stereocenters. The first-order chi connectivity index (χ1) is 20.7. The van der Waals surface area contributed by atoms with Crippen LogP contribution in [0.3, 0.4) is 0 Å². The van der Waals surface area contributed by atoms with Crippen LogP contribution in [0.25, 0.3) is 0 Å². The zero-order valence-corrected chi connectivity index (χ0v) is 27.9. The van der Waals surface area contributed by atoms with Crippen molar-refractivity contribution in [1.29, 1.82) is 0 Å². The molecular weight excluding hydrogens is 558 g/mol. The minimum Gasteiger partial charge on any atom is -0.341 e. The van der Waals surface area contributed by atoms with Crippen LogP contribution >= 0.6 is 11.6 Å². The van der Waals surface area contributed by atoms with Gasteiger partial charge in [-0.15, -0.1) is 0 Å². The molecule has 3 amide bonds. The van der Waals surface area contributed by atoms with Crippen molar-refractivity contribution in [1.82, 2.24) is 24.9 Å². The van der Waals surface area contributed by atoms with Crippen molar-refractivity contribution in [3.8, 4) is 0 Å². The van der Waals surface area contributed by atoms with Gasteiger partial charge in [0, 0.05) is 54.4 Å². The van der Waals surface area contributed by atoms with E-state index in [1.54, 1.807) is 0 Å². The first-order valence-corrected chi connectivity index (χ1v) is 17.7. The van der Waals surface area contributed by atoms with E-state index in [0.29, 0.717) is 36.6 Å². The van der Waals surface area contributed by atoms with Gasteiger partial charge in [-0.1, -0.05) is 43.0 Å². The van der Waals surface area contributed by atoms with Crippen molar-refractivity contribution in [2.24, 2.45) is 0 Å². The Morgan fingerprint density at radius 1 is 0.814 bits per heavy atom. The minimum atomic E-state index is -0.249. The van der Waals surface area contributed by atoms with Gasteiger partial charge in [0.15, 0.2) is 0 Å². The quantitative estimate of drug-likeness (QED) is 0.372. The summed E-state index contributed by atoms with van der Waals surface area (Å²) in [4.78, 5) is 37.2. The summed E-state index contributed by atoms with van der Waals surface area (Å²) in [6.07, 6.45) is 15.1. The van der Waals surface area contributed by atoms with Crippen LogP contribution in [0.5, 0.6) is 0 Å². The Bertz CT molecular complexity index is 1030. The van der Waals surface area contributed by atoms with Gasteiger partial charge in [0.05, 0.1) is 6.04 Å². The number of rotatable bonds is 8. The third kappa shape index (κ3) is 8.07. The number of amides is 3. The number of hydrogen-bond acceptors (Lipinski definition) is 4. The summed E-state index contributed by atoms with van der Waals surface area (Å²) in [6, 6.07) is 10.1. The first kappa shape index (κ1) is 32.6. The van der Waals surface area contributed by atoms with Crippen LogP contribution in [-0.4, -0.2) is 101 Å². The van der Waals surface area contributed by atoms with E-state index in [0.717, 1.165) is 87.9 Å². The fourth-order valence-electron chi connectivity index (χ4n) is 8.38. The molecule has 1 aromatic rings. The van der Waals surface area contributed by atoms with Crippen molar-refractivity contribution in [2.45, 2.75) is 146 Å². The van der Waals surface area contributed by atoms with Crippen molar-refractivity contribution in [3.63, 3.8) is 0 Å². The van der Waals surface area contributed by atoms with Crippen LogP contribution in [0.1, 0.15) is 103 Å². The van der Waals surface area contributed by atoms with Crippen molar-refractivity contribution in [3.05, 3.63) is 34.9 Å². The van der Waals surface area contributed by atoms with E-state index in [1.165, 1.54) is 19.3 Å². The summed E-state index contributed by atoms with van der Waals surface area (Å²) >= 11 is 6.18. The van der Waals surface area contributed by atoms with E-state index in [1.807, 2.05) is 24.3 Å². The third-order valence-electron chi connectivity index (χ3n) is 11.0. The molecule has 0 unspecified atom stereocenters. The number of likely N-dealkylation sites (tertiary alicyclic amines) is 2. The maximum atomic E-state index is 14.2. The van der Waals surface area contributed by atoms with Gasteiger partial charge in [-0.2, -0.15) is 0 Å². The molecule has 0 spiro atoms. The van der Waals surface area contributed by atoms with E-state index in [9.17, 15) is 9.59 Å². The number of piperidine rings is 1. The Hall–Kier alpha value is -1.83.